The molecule has 4 aliphatic heterocycles. The van der Waals surface area contributed by atoms with Crippen molar-refractivity contribution in [3.05, 3.63) is 35.9 Å². The highest BCUT2D eigenvalue weighted by atomic mass is 16.9. The Morgan fingerprint density at radius 3 is 1.41 bits per heavy atom. The summed E-state index contributed by atoms with van der Waals surface area (Å²) in [6.45, 7) is 27.0. The minimum absolute atomic E-state index is 0.363. The van der Waals surface area contributed by atoms with Crippen molar-refractivity contribution in [1.82, 2.24) is 0 Å². The van der Waals surface area contributed by atoms with Crippen LogP contribution in [-0.4, -0.2) is 34.8 Å². The fraction of sp³-hybridized carbons (Fsp3) is 0.742. The van der Waals surface area contributed by atoms with Crippen LogP contribution in [0, 0.1) is 27.6 Å². The van der Waals surface area contributed by atoms with Crippen LogP contribution in [0.3, 0.4) is 0 Å². The molecule has 6 heteroatoms. The van der Waals surface area contributed by atoms with Crippen LogP contribution in [0.2, 0.25) is 0 Å². The zero-order valence-electron chi connectivity index (χ0n) is 25.2. The summed E-state index contributed by atoms with van der Waals surface area (Å²) in [7, 11) is 0. The maximum Gasteiger partial charge on any atom is 0.260 e. The molecule has 6 nitrogen and oxygen atoms in total. The smallest absolute Gasteiger partial charge is 0.260 e. The van der Waals surface area contributed by atoms with E-state index in [4.69, 9.17) is 18.9 Å². The maximum absolute atomic E-state index is 14.4. The summed E-state index contributed by atoms with van der Waals surface area (Å²) in [5.41, 5.74) is -0.566. The van der Waals surface area contributed by atoms with E-state index < -0.39 is 50.7 Å². The second-order valence-corrected chi connectivity index (χ2v) is 15.3. The molecule has 0 atom stereocenters. The zero-order valence-corrected chi connectivity index (χ0v) is 25.2. The predicted molar refractivity (Wildman–Crippen MR) is 145 cm³/mol. The largest absolute Gasteiger partial charge is 0.316 e. The molecule has 1 amide bonds. The van der Waals surface area contributed by atoms with Crippen molar-refractivity contribution in [2.75, 3.05) is 0 Å². The van der Waals surface area contributed by atoms with E-state index in [1.807, 2.05) is 37.3 Å². The van der Waals surface area contributed by atoms with Gasteiger partial charge in [0.1, 0.15) is 5.92 Å². The standard InChI is InChI=1S/C31H47NO5/c1-20(21-17-15-14-16-18-21)32-23(33)22-30(26(8,9)10)34-28(24(2,3)4)19-29(36-30,25(5,6)7)37-31(22,35-28)27(11,12)13/h14-18,22H,19H2,1-13H3. The molecule has 0 unspecified atom stereocenters. The molecule has 0 N–H and O–H groups in total. The van der Waals surface area contributed by atoms with Crippen LogP contribution in [0.4, 0.5) is 0 Å². The first kappa shape index (κ1) is 28.4. The molecule has 1 aromatic rings. The van der Waals surface area contributed by atoms with Crippen LogP contribution in [-0.2, 0) is 23.7 Å². The quantitative estimate of drug-likeness (QED) is 0.394. The Kier molecular flexibility index (Phi) is 6.12. The van der Waals surface area contributed by atoms with Crippen molar-refractivity contribution in [3.63, 3.8) is 0 Å². The number of rotatable bonds is 2. The molecular weight excluding hydrogens is 466 g/mol. The summed E-state index contributed by atoms with van der Waals surface area (Å²) in [5.74, 6) is -6.07. The maximum atomic E-state index is 14.4. The van der Waals surface area contributed by atoms with Gasteiger partial charge < -0.3 is 18.9 Å². The second-order valence-electron chi connectivity index (χ2n) is 15.3. The highest BCUT2D eigenvalue weighted by Crippen LogP contribution is 2.73. The zero-order chi connectivity index (χ0) is 28.1. The van der Waals surface area contributed by atoms with Crippen LogP contribution < -0.4 is 0 Å². The summed E-state index contributed by atoms with van der Waals surface area (Å²) in [6.07, 6.45) is 0.399. The van der Waals surface area contributed by atoms with Crippen molar-refractivity contribution in [3.8, 4) is 0 Å². The number of amides is 1. The summed E-state index contributed by atoms with van der Waals surface area (Å²) in [5, 5.41) is 0. The molecule has 0 radical (unpaired) electrons. The van der Waals surface area contributed by atoms with Gasteiger partial charge in [-0.05, 0) is 12.5 Å². The van der Waals surface area contributed by atoms with Gasteiger partial charge in [0, 0.05) is 27.4 Å². The summed E-state index contributed by atoms with van der Waals surface area (Å²) in [4.78, 5) is 19.1. The summed E-state index contributed by atoms with van der Waals surface area (Å²) < 4.78 is 28.3. The fourth-order valence-electron chi connectivity index (χ4n) is 5.92. The SMILES string of the molecule is CC(=NC(=O)C1C2(C(C)(C)C)OC3(C(C)(C)C)CC(C(C)(C)C)(O2)OC1(C(C)(C)C)O3)c1ccccc1. The lowest BCUT2D eigenvalue weighted by atomic mass is 9.59. The molecule has 4 aliphatic rings. The fourth-order valence-corrected chi connectivity index (χ4v) is 5.92. The van der Waals surface area contributed by atoms with E-state index in [9.17, 15) is 4.79 Å². The third-order valence-electron chi connectivity index (χ3n) is 8.58. The molecule has 4 saturated heterocycles. The second kappa shape index (κ2) is 7.97. The van der Waals surface area contributed by atoms with Crippen LogP contribution in [0.25, 0.3) is 0 Å². The molecule has 5 rings (SSSR count). The molecule has 4 heterocycles. The van der Waals surface area contributed by atoms with Gasteiger partial charge in [-0.3, -0.25) is 4.79 Å². The molecule has 0 aliphatic carbocycles. The Labute approximate surface area is 223 Å². The molecule has 1 aromatic carbocycles. The van der Waals surface area contributed by atoms with Crippen molar-refractivity contribution in [2.24, 2.45) is 32.6 Å². The molecule has 206 valence electrons. The van der Waals surface area contributed by atoms with Gasteiger partial charge in [-0.2, -0.15) is 0 Å². The van der Waals surface area contributed by atoms with Gasteiger partial charge in [-0.25, -0.2) is 4.99 Å². The number of hydrogen-bond acceptors (Lipinski definition) is 5. The summed E-state index contributed by atoms with van der Waals surface area (Å²) >= 11 is 0. The Morgan fingerprint density at radius 1 is 0.703 bits per heavy atom. The van der Waals surface area contributed by atoms with Gasteiger partial charge in [0.25, 0.3) is 5.91 Å². The van der Waals surface area contributed by atoms with Crippen LogP contribution in [0.1, 0.15) is 102 Å². The van der Waals surface area contributed by atoms with E-state index in [1.165, 1.54) is 0 Å². The normalized spacial score (nSPS) is 36.7. The number of nitrogens with zero attached hydrogens (tertiary/aromatic N) is 1. The first-order valence-electron chi connectivity index (χ1n) is 13.5. The Bertz CT molecular complexity index is 1030. The average molecular weight is 514 g/mol. The number of carbonyl (C=O) groups is 1. The third-order valence-corrected chi connectivity index (χ3v) is 8.58. The number of carbonyl (C=O) groups excluding carboxylic acids is 1. The number of aliphatic imine (C=N–C) groups is 1. The van der Waals surface area contributed by atoms with E-state index in [2.05, 4.69) is 88.1 Å². The van der Waals surface area contributed by atoms with E-state index in [0.29, 0.717) is 12.1 Å². The van der Waals surface area contributed by atoms with Gasteiger partial charge in [0.15, 0.2) is 23.1 Å². The minimum Gasteiger partial charge on any atom is -0.316 e. The molecule has 4 fully saturated rings. The third kappa shape index (κ3) is 3.89. The van der Waals surface area contributed by atoms with Crippen LogP contribution in [0.5, 0.6) is 0 Å². The Balaban J connectivity index is 2.04. The van der Waals surface area contributed by atoms with Gasteiger partial charge >= 0.3 is 0 Å². The Morgan fingerprint density at radius 2 is 1.08 bits per heavy atom. The minimum atomic E-state index is -1.34. The number of ether oxygens (including phenoxy) is 4. The highest BCUT2D eigenvalue weighted by molar-refractivity contribution is 6.05. The van der Waals surface area contributed by atoms with Gasteiger partial charge in [0.2, 0.25) is 0 Å². The van der Waals surface area contributed by atoms with Gasteiger partial charge in [0.05, 0.1) is 6.42 Å². The number of hydrogen-bond donors (Lipinski definition) is 0. The van der Waals surface area contributed by atoms with E-state index >= 15 is 0 Å². The van der Waals surface area contributed by atoms with Crippen molar-refractivity contribution >= 4 is 11.6 Å². The Hall–Kier alpha value is -1.60. The molecule has 0 aromatic heterocycles. The van der Waals surface area contributed by atoms with Crippen LogP contribution in [0.15, 0.2) is 35.3 Å². The van der Waals surface area contributed by atoms with E-state index in [1.54, 1.807) is 0 Å². The van der Waals surface area contributed by atoms with Crippen LogP contribution >= 0.6 is 0 Å². The lowest BCUT2D eigenvalue weighted by Crippen LogP contribution is -2.89. The molecule has 0 spiro atoms. The average Bonchev–Trinajstić information content (AvgIpc) is 2.70. The monoisotopic (exact) mass is 513 g/mol. The lowest BCUT2D eigenvalue weighted by molar-refractivity contribution is -0.669. The van der Waals surface area contributed by atoms with Gasteiger partial charge in [-0.15, -0.1) is 0 Å². The van der Waals surface area contributed by atoms with Crippen molar-refractivity contribution in [1.29, 1.82) is 0 Å². The lowest BCUT2D eigenvalue weighted by Gasteiger charge is -2.78. The van der Waals surface area contributed by atoms with Crippen molar-refractivity contribution in [2.45, 2.75) is 120 Å². The highest BCUT2D eigenvalue weighted by Gasteiger charge is 2.86. The molecule has 37 heavy (non-hydrogen) atoms. The van der Waals surface area contributed by atoms with E-state index in [0.717, 1.165) is 5.56 Å². The topological polar surface area (TPSA) is 66.4 Å². The first-order chi connectivity index (χ1) is 16.6. The van der Waals surface area contributed by atoms with Crippen molar-refractivity contribution < 1.29 is 23.7 Å². The summed E-state index contributed by atoms with van der Waals surface area (Å²) in [6, 6.07) is 9.72. The van der Waals surface area contributed by atoms with E-state index in [-0.39, 0.29) is 5.91 Å². The molecule has 0 saturated carbocycles. The van der Waals surface area contributed by atoms with Gasteiger partial charge in [-0.1, -0.05) is 113 Å². The molecule has 4 bridgehead atoms. The number of benzene rings is 1. The first-order valence-corrected chi connectivity index (χ1v) is 13.5. The predicted octanol–water partition coefficient (Wildman–Crippen LogP) is 7.11. The molecular formula is C31H47NO5.